The molecule has 4 rings (SSSR count). The van der Waals surface area contributed by atoms with Crippen molar-refractivity contribution in [1.29, 1.82) is 0 Å². The van der Waals surface area contributed by atoms with Crippen LogP contribution in [-0.4, -0.2) is 54.0 Å². The van der Waals surface area contributed by atoms with Crippen LogP contribution in [-0.2, 0) is 4.79 Å². The van der Waals surface area contributed by atoms with E-state index >= 15 is 0 Å². The van der Waals surface area contributed by atoms with Gasteiger partial charge >= 0.3 is 5.63 Å². The summed E-state index contributed by atoms with van der Waals surface area (Å²) < 4.78 is 11.1. The van der Waals surface area contributed by atoms with Gasteiger partial charge in [-0.25, -0.2) is 4.79 Å². The van der Waals surface area contributed by atoms with Crippen LogP contribution in [0, 0.1) is 6.92 Å². The van der Waals surface area contributed by atoms with Gasteiger partial charge < -0.3 is 19.0 Å². The summed E-state index contributed by atoms with van der Waals surface area (Å²) in [6.45, 7) is 7.68. The molecule has 3 heterocycles. The number of fused-ring (bicyclic) bond motifs is 1. The van der Waals surface area contributed by atoms with Gasteiger partial charge in [-0.2, -0.15) is 0 Å². The summed E-state index contributed by atoms with van der Waals surface area (Å²) in [6.07, 6.45) is 4.16. The molecule has 0 spiro atoms. The monoisotopic (exact) mass is 384 g/mol. The Morgan fingerprint density at radius 3 is 2.57 bits per heavy atom. The number of rotatable bonds is 4. The van der Waals surface area contributed by atoms with Crippen LogP contribution in [0.15, 0.2) is 33.5 Å². The molecule has 1 atom stereocenters. The SMILES string of the molecule is Cc1cc(=O)oc2ccc(OC(C)C(=O)N3CCC(N4CCCC4)CC3)cc12. The molecule has 2 aliphatic rings. The van der Waals surface area contributed by atoms with Crippen molar-refractivity contribution < 1.29 is 13.9 Å². The van der Waals surface area contributed by atoms with Crippen LogP contribution in [0.4, 0.5) is 0 Å². The first-order valence-corrected chi connectivity index (χ1v) is 10.3. The number of hydrogen-bond acceptors (Lipinski definition) is 5. The minimum absolute atomic E-state index is 0.0382. The van der Waals surface area contributed by atoms with E-state index in [-0.39, 0.29) is 11.5 Å². The van der Waals surface area contributed by atoms with Gasteiger partial charge in [-0.15, -0.1) is 0 Å². The number of aryl methyl sites for hydroxylation is 1. The van der Waals surface area contributed by atoms with Gasteiger partial charge in [0.1, 0.15) is 11.3 Å². The van der Waals surface area contributed by atoms with Crippen LogP contribution in [0.5, 0.6) is 5.75 Å². The quantitative estimate of drug-likeness (QED) is 0.759. The third-order valence-electron chi connectivity index (χ3n) is 6.01. The van der Waals surface area contributed by atoms with Crippen molar-refractivity contribution >= 4 is 16.9 Å². The fraction of sp³-hybridized carbons (Fsp3) is 0.545. The first kappa shape index (κ1) is 19.0. The lowest BCUT2D eigenvalue weighted by Gasteiger charge is -2.37. The molecule has 6 heteroatoms. The van der Waals surface area contributed by atoms with Gasteiger partial charge in [0, 0.05) is 30.6 Å². The van der Waals surface area contributed by atoms with Crippen LogP contribution in [0.3, 0.4) is 0 Å². The van der Waals surface area contributed by atoms with Gasteiger partial charge in [-0.05, 0) is 76.4 Å². The van der Waals surface area contributed by atoms with Gasteiger partial charge in [-0.1, -0.05) is 0 Å². The highest BCUT2D eigenvalue weighted by Crippen LogP contribution is 2.25. The second-order valence-corrected chi connectivity index (χ2v) is 7.97. The Balaban J connectivity index is 1.38. The van der Waals surface area contributed by atoms with E-state index in [1.807, 2.05) is 17.9 Å². The highest BCUT2D eigenvalue weighted by Gasteiger charge is 2.30. The molecule has 0 saturated carbocycles. The number of ether oxygens (including phenoxy) is 1. The Bertz CT molecular complexity index is 908. The van der Waals surface area contributed by atoms with Crippen LogP contribution in [0.25, 0.3) is 11.0 Å². The first-order chi connectivity index (χ1) is 13.5. The normalized spacial score (nSPS) is 19.9. The van der Waals surface area contributed by atoms with Gasteiger partial charge in [0.15, 0.2) is 6.10 Å². The van der Waals surface area contributed by atoms with E-state index in [0.717, 1.165) is 36.9 Å². The van der Waals surface area contributed by atoms with E-state index in [9.17, 15) is 9.59 Å². The summed E-state index contributed by atoms with van der Waals surface area (Å²) in [5.74, 6) is 0.647. The smallest absolute Gasteiger partial charge is 0.336 e. The van der Waals surface area contributed by atoms with E-state index in [1.165, 1.54) is 32.0 Å². The van der Waals surface area contributed by atoms with Crippen molar-refractivity contribution in [2.24, 2.45) is 0 Å². The highest BCUT2D eigenvalue weighted by molar-refractivity contribution is 5.83. The summed E-state index contributed by atoms with van der Waals surface area (Å²) in [7, 11) is 0. The number of amides is 1. The summed E-state index contributed by atoms with van der Waals surface area (Å²) in [6, 6.07) is 7.38. The zero-order valence-corrected chi connectivity index (χ0v) is 16.6. The van der Waals surface area contributed by atoms with Crippen LogP contribution in [0.2, 0.25) is 0 Å². The zero-order chi connectivity index (χ0) is 19.7. The Hall–Kier alpha value is -2.34. The van der Waals surface area contributed by atoms with Crippen LogP contribution in [0.1, 0.15) is 38.2 Å². The molecule has 0 radical (unpaired) electrons. The molecular weight excluding hydrogens is 356 g/mol. The predicted molar refractivity (Wildman–Crippen MR) is 108 cm³/mol. The largest absolute Gasteiger partial charge is 0.481 e. The maximum absolute atomic E-state index is 12.8. The lowest BCUT2D eigenvalue weighted by atomic mass is 10.0. The maximum atomic E-state index is 12.8. The van der Waals surface area contributed by atoms with Crippen LogP contribution >= 0.6 is 0 Å². The summed E-state index contributed by atoms with van der Waals surface area (Å²) in [5.41, 5.74) is 1.000. The molecule has 1 amide bonds. The highest BCUT2D eigenvalue weighted by atomic mass is 16.5. The molecule has 150 valence electrons. The Morgan fingerprint density at radius 1 is 1.14 bits per heavy atom. The molecule has 6 nitrogen and oxygen atoms in total. The van der Waals surface area contributed by atoms with Crippen molar-refractivity contribution in [2.45, 2.75) is 51.7 Å². The lowest BCUT2D eigenvalue weighted by molar-refractivity contribution is -0.139. The average Bonchev–Trinajstić information content (AvgIpc) is 3.23. The number of likely N-dealkylation sites (tertiary alicyclic amines) is 2. The molecule has 0 aliphatic carbocycles. The van der Waals surface area contributed by atoms with E-state index in [0.29, 0.717) is 17.4 Å². The molecule has 2 fully saturated rings. The molecule has 0 bridgehead atoms. The van der Waals surface area contributed by atoms with Crippen molar-refractivity contribution in [3.63, 3.8) is 0 Å². The third-order valence-corrected chi connectivity index (χ3v) is 6.01. The van der Waals surface area contributed by atoms with E-state index in [2.05, 4.69) is 4.90 Å². The minimum atomic E-state index is -0.545. The van der Waals surface area contributed by atoms with Crippen LogP contribution < -0.4 is 10.4 Å². The topological polar surface area (TPSA) is 63.0 Å². The van der Waals surface area contributed by atoms with E-state index in [1.54, 1.807) is 19.1 Å². The van der Waals surface area contributed by atoms with Crippen molar-refractivity contribution in [1.82, 2.24) is 9.80 Å². The molecule has 1 unspecified atom stereocenters. The van der Waals surface area contributed by atoms with Gasteiger partial charge in [0.05, 0.1) is 0 Å². The molecule has 1 aromatic carbocycles. The summed E-state index contributed by atoms with van der Waals surface area (Å²) >= 11 is 0. The van der Waals surface area contributed by atoms with Gasteiger partial charge in [0.2, 0.25) is 0 Å². The molecule has 2 aliphatic heterocycles. The fourth-order valence-corrected chi connectivity index (χ4v) is 4.44. The van der Waals surface area contributed by atoms with Gasteiger partial charge in [-0.3, -0.25) is 4.79 Å². The molecule has 28 heavy (non-hydrogen) atoms. The van der Waals surface area contributed by atoms with Crippen molar-refractivity contribution in [3.05, 3.63) is 40.2 Å². The standard InChI is InChI=1S/C22H28N2O4/c1-15-13-21(25)28-20-6-5-18(14-19(15)20)27-16(2)22(26)24-11-7-17(8-12-24)23-9-3-4-10-23/h5-6,13-14,16-17H,3-4,7-12H2,1-2H3. The average molecular weight is 384 g/mol. The Kier molecular flexibility index (Phi) is 5.40. The number of benzene rings is 1. The van der Waals surface area contributed by atoms with Gasteiger partial charge in [0.25, 0.3) is 5.91 Å². The second-order valence-electron chi connectivity index (χ2n) is 7.97. The first-order valence-electron chi connectivity index (χ1n) is 10.3. The molecule has 1 aromatic heterocycles. The third kappa shape index (κ3) is 3.92. The number of hydrogen-bond donors (Lipinski definition) is 0. The second kappa shape index (κ2) is 7.95. The number of nitrogens with zero attached hydrogens (tertiary/aromatic N) is 2. The molecule has 0 N–H and O–H groups in total. The summed E-state index contributed by atoms with van der Waals surface area (Å²) in [5, 5.41) is 0.822. The van der Waals surface area contributed by atoms with E-state index in [4.69, 9.17) is 9.15 Å². The Labute approximate surface area is 165 Å². The number of piperidine rings is 1. The van der Waals surface area contributed by atoms with E-state index < -0.39 is 6.10 Å². The Morgan fingerprint density at radius 2 is 1.86 bits per heavy atom. The number of carbonyl (C=O) groups is 1. The maximum Gasteiger partial charge on any atom is 0.336 e. The number of carbonyl (C=O) groups excluding carboxylic acids is 1. The lowest BCUT2D eigenvalue weighted by Crippen LogP contribution is -2.49. The molecule has 2 aromatic rings. The zero-order valence-electron chi connectivity index (χ0n) is 16.6. The predicted octanol–water partition coefficient (Wildman–Crippen LogP) is 2.96. The summed E-state index contributed by atoms with van der Waals surface area (Å²) in [4.78, 5) is 28.8. The molecular formula is C22H28N2O4. The fourth-order valence-electron chi connectivity index (χ4n) is 4.44. The molecule has 2 saturated heterocycles. The van der Waals surface area contributed by atoms with Crippen molar-refractivity contribution in [2.75, 3.05) is 26.2 Å². The minimum Gasteiger partial charge on any atom is -0.481 e. The van der Waals surface area contributed by atoms with Crippen molar-refractivity contribution in [3.8, 4) is 5.75 Å².